The van der Waals surface area contributed by atoms with Gasteiger partial charge < -0.3 is 5.32 Å². The Morgan fingerprint density at radius 3 is 2.61 bits per heavy atom. The van der Waals surface area contributed by atoms with E-state index in [9.17, 15) is 0 Å². The summed E-state index contributed by atoms with van der Waals surface area (Å²) in [7, 11) is 1.70. The summed E-state index contributed by atoms with van der Waals surface area (Å²) in [6.07, 6.45) is 0. The predicted octanol–water partition coefficient (Wildman–Crippen LogP) is 4.02. The van der Waals surface area contributed by atoms with E-state index in [-0.39, 0.29) is 5.28 Å². The fourth-order valence-electron chi connectivity index (χ4n) is 1.14. The second-order valence-electron chi connectivity index (χ2n) is 3.14. The molecular weight excluding hydrogens is 315 g/mol. The molecule has 1 aromatic heterocycles. The average molecular weight is 322 g/mol. The van der Waals surface area contributed by atoms with Gasteiger partial charge in [-0.25, -0.2) is 0 Å². The second-order valence-corrected chi connectivity index (χ2v) is 5.33. The maximum atomic E-state index is 6.06. The summed E-state index contributed by atoms with van der Waals surface area (Å²) in [6.45, 7) is 0. The van der Waals surface area contributed by atoms with Gasteiger partial charge in [-0.3, -0.25) is 0 Å². The number of aromatic nitrogens is 3. The van der Waals surface area contributed by atoms with Crippen LogP contribution in [0.5, 0.6) is 0 Å². The fraction of sp³-hybridized carbons (Fsp3) is 0.100. The van der Waals surface area contributed by atoms with Crippen LogP contribution >= 0.6 is 46.6 Å². The van der Waals surface area contributed by atoms with Gasteiger partial charge in [-0.2, -0.15) is 15.0 Å². The summed E-state index contributed by atoms with van der Waals surface area (Å²) in [4.78, 5) is 12.8. The van der Waals surface area contributed by atoms with Crippen LogP contribution in [0.4, 0.5) is 5.95 Å². The SMILES string of the molecule is CNc1nc(Cl)nc(Sc2cc(Cl)ccc2Cl)n1. The Morgan fingerprint density at radius 1 is 1.11 bits per heavy atom. The molecule has 0 bridgehead atoms. The molecule has 0 saturated carbocycles. The molecule has 0 atom stereocenters. The van der Waals surface area contributed by atoms with Crippen molar-refractivity contribution in [1.29, 1.82) is 0 Å². The van der Waals surface area contributed by atoms with Crippen molar-refractivity contribution in [3.63, 3.8) is 0 Å². The molecule has 0 spiro atoms. The van der Waals surface area contributed by atoms with Crippen LogP contribution in [0.1, 0.15) is 0 Å². The highest BCUT2D eigenvalue weighted by atomic mass is 35.5. The van der Waals surface area contributed by atoms with Gasteiger partial charge in [0.15, 0.2) is 5.16 Å². The van der Waals surface area contributed by atoms with Crippen LogP contribution in [0, 0.1) is 0 Å². The fourth-order valence-corrected chi connectivity index (χ4v) is 2.64. The van der Waals surface area contributed by atoms with Crippen LogP contribution < -0.4 is 5.32 Å². The first-order chi connectivity index (χ1) is 8.58. The summed E-state index contributed by atoms with van der Waals surface area (Å²) < 4.78 is 0. The lowest BCUT2D eigenvalue weighted by atomic mass is 10.4. The molecule has 0 fully saturated rings. The molecule has 2 rings (SSSR count). The van der Waals surface area contributed by atoms with E-state index < -0.39 is 0 Å². The summed E-state index contributed by atoms with van der Waals surface area (Å²) >= 11 is 19.0. The lowest BCUT2D eigenvalue weighted by Gasteiger charge is -2.05. The monoisotopic (exact) mass is 320 g/mol. The highest BCUT2D eigenvalue weighted by Gasteiger charge is 2.09. The van der Waals surface area contributed by atoms with E-state index in [1.165, 1.54) is 11.8 Å². The lowest BCUT2D eigenvalue weighted by molar-refractivity contribution is 0.908. The first-order valence-corrected chi connectivity index (χ1v) is 6.76. The molecule has 0 unspecified atom stereocenters. The smallest absolute Gasteiger partial charge is 0.228 e. The number of halogens is 3. The van der Waals surface area contributed by atoms with Crippen molar-refractivity contribution < 1.29 is 0 Å². The van der Waals surface area contributed by atoms with E-state index in [2.05, 4.69) is 20.3 Å². The highest BCUT2D eigenvalue weighted by Crippen LogP contribution is 2.33. The molecule has 0 amide bonds. The van der Waals surface area contributed by atoms with Gasteiger partial charge in [-0.15, -0.1) is 0 Å². The van der Waals surface area contributed by atoms with Crippen LogP contribution in [-0.2, 0) is 0 Å². The van der Waals surface area contributed by atoms with Crippen LogP contribution in [0.25, 0.3) is 0 Å². The number of rotatable bonds is 3. The highest BCUT2D eigenvalue weighted by molar-refractivity contribution is 7.99. The molecule has 1 heterocycles. The van der Waals surface area contributed by atoms with Gasteiger partial charge in [0, 0.05) is 17.0 Å². The van der Waals surface area contributed by atoms with Gasteiger partial charge in [0.2, 0.25) is 11.2 Å². The third-order valence-corrected chi connectivity index (χ3v) is 3.67. The zero-order chi connectivity index (χ0) is 13.1. The summed E-state index contributed by atoms with van der Waals surface area (Å²) in [6, 6.07) is 5.17. The maximum Gasteiger partial charge on any atom is 0.228 e. The Hall–Kier alpha value is -0.750. The first-order valence-electron chi connectivity index (χ1n) is 4.80. The zero-order valence-electron chi connectivity index (χ0n) is 9.12. The quantitative estimate of drug-likeness (QED) is 0.925. The Kier molecular flexibility index (Phi) is 4.50. The molecule has 2 aromatic rings. The summed E-state index contributed by atoms with van der Waals surface area (Å²) in [5, 5.41) is 4.54. The molecule has 1 N–H and O–H groups in total. The first kappa shape index (κ1) is 13.7. The molecule has 0 aliphatic heterocycles. The van der Waals surface area contributed by atoms with Crippen molar-refractivity contribution in [3.8, 4) is 0 Å². The third kappa shape index (κ3) is 3.38. The predicted molar refractivity (Wildman–Crippen MR) is 75.0 cm³/mol. The van der Waals surface area contributed by atoms with Crippen molar-refractivity contribution in [2.45, 2.75) is 10.1 Å². The summed E-state index contributed by atoms with van der Waals surface area (Å²) in [5.41, 5.74) is 0. The molecule has 0 saturated heterocycles. The van der Waals surface area contributed by atoms with Crippen molar-refractivity contribution in [1.82, 2.24) is 15.0 Å². The number of nitrogens with one attached hydrogen (secondary N) is 1. The minimum atomic E-state index is 0.120. The van der Waals surface area contributed by atoms with Crippen LogP contribution in [0.3, 0.4) is 0 Å². The topological polar surface area (TPSA) is 50.7 Å². The number of hydrogen-bond donors (Lipinski definition) is 1. The summed E-state index contributed by atoms with van der Waals surface area (Å²) in [5.74, 6) is 0.399. The van der Waals surface area contributed by atoms with E-state index in [4.69, 9.17) is 34.8 Å². The molecule has 0 aliphatic rings. The van der Waals surface area contributed by atoms with Crippen LogP contribution in [-0.4, -0.2) is 22.0 Å². The van der Waals surface area contributed by atoms with Crippen LogP contribution in [0.15, 0.2) is 28.3 Å². The Labute approximate surface area is 123 Å². The second kappa shape index (κ2) is 5.93. The largest absolute Gasteiger partial charge is 0.357 e. The minimum Gasteiger partial charge on any atom is -0.357 e. The van der Waals surface area contributed by atoms with Gasteiger partial charge in [0.1, 0.15) is 0 Å². The molecular formula is C10H7Cl3N4S. The average Bonchev–Trinajstić information content (AvgIpc) is 2.33. The minimum absolute atomic E-state index is 0.120. The molecule has 18 heavy (non-hydrogen) atoms. The molecule has 4 nitrogen and oxygen atoms in total. The maximum absolute atomic E-state index is 6.06. The van der Waals surface area contributed by atoms with E-state index in [0.29, 0.717) is 21.2 Å². The number of anilines is 1. The van der Waals surface area contributed by atoms with E-state index in [1.807, 2.05) is 0 Å². The van der Waals surface area contributed by atoms with Gasteiger partial charge in [-0.1, -0.05) is 23.2 Å². The Balaban J connectivity index is 2.33. The van der Waals surface area contributed by atoms with E-state index in [1.54, 1.807) is 25.2 Å². The van der Waals surface area contributed by atoms with Gasteiger partial charge in [0.25, 0.3) is 0 Å². The number of benzene rings is 1. The molecule has 0 radical (unpaired) electrons. The standard InChI is InChI=1S/C10H7Cl3N4S/c1-14-9-15-8(13)16-10(17-9)18-7-4-5(11)2-3-6(7)12/h2-4H,1H3,(H,14,15,16,17). The third-order valence-electron chi connectivity index (χ3n) is 1.91. The number of nitrogens with zero attached hydrogens (tertiary/aromatic N) is 3. The van der Waals surface area contributed by atoms with Crippen molar-refractivity contribution in [2.75, 3.05) is 12.4 Å². The normalized spacial score (nSPS) is 10.4. The molecule has 94 valence electrons. The van der Waals surface area contributed by atoms with Crippen molar-refractivity contribution in [3.05, 3.63) is 33.5 Å². The van der Waals surface area contributed by atoms with Crippen LogP contribution in [0.2, 0.25) is 15.3 Å². The van der Waals surface area contributed by atoms with E-state index in [0.717, 1.165) is 4.90 Å². The van der Waals surface area contributed by atoms with Gasteiger partial charge in [-0.05, 0) is 41.6 Å². The number of hydrogen-bond acceptors (Lipinski definition) is 5. The van der Waals surface area contributed by atoms with Gasteiger partial charge in [0.05, 0.1) is 5.02 Å². The van der Waals surface area contributed by atoms with E-state index >= 15 is 0 Å². The Bertz CT molecular complexity index is 579. The van der Waals surface area contributed by atoms with Crippen molar-refractivity contribution >= 4 is 52.5 Å². The lowest BCUT2D eigenvalue weighted by Crippen LogP contribution is -1.99. The van der Waals surface area contributed by atoms with Crippen molar-refractivity contribution in [2.24, 2.45) is 0 Å². The van der Waals surface area contributed by atoms with Gasteiger partial charge >= 0.3 is 0 Å². The molecule has 0 aliphatic carbocycles. The Morgan fingerprint density at radius 2 is 1.89 bits per heavy atom. The molecule has 8 heteroatoms. The molecule has 1 aromatic carbocycles. The zero-order valence-corrected chi connectivity index (χ0v) is 12.2.